The molecule has 0 saturated carbocycles. The van der Waals surface area contributed by atoms with E-state index in [1.807, 2.05) is 12.1 Å². The molecule has 0 aliphatic rings. The summed E-state index contributed by atoms with van der Waals surface area (Å²) in [5.74, 6) is -1.52. The van der Waals surface area contributed by atoms with Crippen molar-refractivity contribution in [2.24, 2.45) is 0 Å². The van der Waals surface area contributed by atoms with E-state index in [9.17, 15) is 13.6 Å². The van der Waals surface area contributed by atoms with Crippen LogP contribution in [0, 0.1) is 11.6 Å². The molecule has 0 radical (unpaired) electrons. The molecule has 2 aromatic rings. The molecule has 4 nitrogen and oxygen atoms in total. The highest BCUT2D eigenvalue weighted by Crippen LogP contribution is 2.17. The number of nitrogens with one attached hydrogen (secondary N) is 3. The molecule has 0 saturated heterocycles. The van der Waals surface area contributed by atoms with Crippen molar-refractivity contribution in [1.82, 2.24) is 5.32 Å². The first kappa shape index (κ1) is 14.9. The minimum Gasteiger partial charge on any atom is -0.316 e. The lowest BCUT2D eigenvalue weighted by atomic mass is 10.2. The van der Waals surface area contributed by atoms with Crippen LogP contribution in [0.25, 0.3) is 0 Å². The molecule has 110 valence electrons. The van der Waals surface area contributed by atoms with Crippen LogP contribution in [0.5, 0.6) is 0 Å². The van der Waals surface area contributed by atoms with Crippen LogP contribution in [0.15, 0.2) is 42.5 Å². The van der Waals surface area contributed by atoms with E-state index >= 15 is 0 Å². The molecule has 0 fully saturated rings. The summed E-state index contributed by atoms with van der Waals surface area (Å²) >= 11 is 0. The van der Waals surface area contributed by atoms with Gasteiger partial charge in [0.15, 0.2) is 0 Å². The molecule has 2 rings (SSSR count). The van der Waals surface area contributed by atoms with Gasteiger partial charge in [-0.15, -0.1) is 0 Å². The van der Waals surface area contributed by atoms with Gasteiger partial charge in [-0.25, -0.2) is 13.6 Å². The number of carbonyl (C=O) groups is 1. The number of rotatable bonds is 4. The van der Waals surface area contributed by atoms with E-state index in [4.69, 9.17) is 0 Å². The van der Waals surface area contributed by atoms with Crippen LogP contribution in [-0.4, -0.2) is 13.1 Å². The van der Waals surface area contributed by atoms with Gasteiger partial charge >= 0.3 is 6.03 Å². The first-order valence-electron chi connectivity index (χ1n) is 6.35. The fourth-order valence-corrected chi connectivity index (χ4v) is 1.85. The average Bonchev–Trinajstić information content (AvgIpc) is 2.44. The van der Waals surface area contributed by atoms with Crippen molar-refractivity contribution >= 4 is 17.4 Å². The zero-order chi connectivity index (χ0) is 15.2. The van der Waals surface area contributed by atoms with Gasteiger partial charge in [-0.2, -0.15) is 0 Å². The van der Waals surface area contributed by atoms with Crippen LogP contribution < -0.4 is 16.0 Å². The molecule has 0 aliphatic heterocycles. The van der Waals surface area contributed by atoms with E-state index in [1.165, 1.54) is 6.07 Å². The monoisotopic (exact) mass is 291 g/mol. The first-order valence-corrected chi connectivity index (χ1v) is 6.35. The Morgan fingerprint density at radius 2 is 1.76 bits per heavy atom. The van der Waals surface area contributed by atoms with Crippen molar-refractivity contribution in [3.8, 4) is 0 Å². The van der Waals surface area contributed by atoms with Gasteiger partial charge in [0.25, 0.3) is 0 Å². The minimum atomic E-state index is -0.825. The number of benzene rings is 2. The Kier molecular flexibility index (Phi) is 4.84. The summed E-state index contributed by atoms with van der Waals surface area (Å²) in [6.07, 6.45) is 0. The maximum Gasteiger partial charge on any atom is 0.323 e. The number of carbonyl (C=O) groups excluding carboxylic acids is 1. The summed E-state index contributed by atoms with van der Waals surface area (Å²) in [6, 6.07) is 9.62. The Bertz CT molecular complexity index is 647. The topological polar surface area (TPSA) is 53.2 Å². The second-order valence-corrected chi connectivity index (χ2v) is 4.39. The van der Waals surface area contributed by atoms with Crippen LogP contribution in [0.4, 0.5) is 25.0 Å². The van der Waals surface area contributed by atoms with Crippen molar-refractivity contribution in [3.63, 3.8) is 0 Å². The Balaban J connectivity index is 2.08. The van der Waals surface area contributed by atoms with Gasteiger partial charge in [0.05, 0.1) is 5.69 Å². The van der Waals surface area contributed by atoms with Gasteiger partial charge < -0.3 is 16.0 Å². The Morgan fingerprint density at radius 1 is 1.05 bits per heavy atom. The van der Waals surface area contributed by atoms with Crippen molar-refractivity contribution in [1.29, 1.82) is 0 Å². The molecule has 3 N–H and O–H groups in total. The van der Waals surface area contributed by atoms with Crippen LogP contribution in [-0.2, 0) is 6.54 Å². The zero-order valence-electron chi connectivity index (χ0n) is 11.4. The zero-order valence-corrected chi connectivity index (χ0v) is 11.4. The summed E-state index contributed by atoms with van der Waals surface area (Å²) in [6.45, 7) is 0.585. The lowest BCUT2D eigenvalue weighted by Gasteiger charge is -2.12. The highest BCUT2D eigenvalue weighted by molar-refractivity contribution is 6.00. The molecular weight excluding hydrogens is 276 g/mol. The predicted molar refractivity (Wildman–Crippen MR) is 78.2 cm³/mol. The predicted octanol–water partition coefficient (Wildman–Crippen LogP) is 3.33. The van der Waals surface area contributed by atoms with Gasteiger partial charge in [0.1, 0.15) is 11.6 Å². The van der Waals surface area contributed by atoms with Gasteiger partial charge in [-0.05, 0) is 30.8 Å². The summed E-state index contributed by atoms with van der Waals surface area (Å²) in [5.41, 5.74) is 1.43. The number of urea groups is 1. The van der Waals surface area contributed by atoms with Crippen molar-refractivity contribution in [2.75, 3.05) is 17.7 Å². The van der Waals surface area contributed by atoms with Crippen LogP contribution >= 0.6 is 0 Å². The van der Waals surface area contributed by atoms with E-state index in [0.29, 0.717) is 18.3 Å². The van der Waals surface area contributed by atoms with E-state index in [1.54, 1.807) is 19.2 Å². The lowest BCUT2D eigenvalue weighted by molar-refractivity contribution is 0.262. The van der Waals surface area contributed by atoms with Gasteiger partial charge in [-0.3, -0.25) is 0 Å². The maximum absolute atomic E-state index is 13.5. The molecule has 0 aliphatic carbocycles. The van der Waals surface area contributed by atoms with Gasteiger partial charge in [-0.1, -0.05) is 18.2 Å². The number of para-hydroxylation sites is 1. The molecule has 0 aromatic heterocycles. The molecule has 0 bridgehead atoms. The van der Waals surface area contributed by atoms with Crippen LogP contribution in [0.2, 0.25) is 0 Å². The molecule has 0 atom stereocenters. The average molecular weight is 291 g/mol. The molecule has 2 amide bonds. The molecule has 6 heteroatoms. The van der Waals surface area contributed by atoms with E-state index < -0.39 is 17.7 Å². The number of anilines is 2. The second kappa shape index (κ2) is 6.81. The maximum atomic E-state index is 13.5. The first-order chi connectivity index (χ1) is 10.1. The highest BCUT2D eigenvalue weighted by atomic mass is 19.1. The third kappa shape index (κ3) is 4.00. The third-order valence-electron chi connectivity index (χ3n) is 2.81. The molecule has 2 aromatic carbocycles. The summed E-state index contributed by atoms with van der Waals surface area (Å²) in [5, 5.41) is 7.97. The number of hydrogen-bond acceptors (Lipinski definition) is 2. The van der Waals surface area contributed by atoms with E-state index in [2.05, 4.69) is 16.0 Å². The Labute approximate surface area is 121 Å². The van der Waals surface area contributed by atoms with E-state index in [0.717, 1.165) is 11.6 Å². The molecule has 21 heavy (non-hydrogen) atoms. The Morgan fingerprint density at radius 3 is 2.48 bits per heavy atom. The standard InChI is InChI=1S/C15H15F2N3O/c1-18-9-10-4-2-3-5-13(10)19-15(21)20-14-7-6-11(16)8-12(14)17/h2-8,18H,9H2,1H3,(H2,19,20,21). The largest absolute Gasteiger partial charge is 0.323 e. The summed E-state index contributed by atoms with van der Waals surface area (Å²) in [7, 11) is 1.80. The van der Waals surface area contributed by atoms with Gasteiger partial charge in [0.2, 0.25) is 0 Å². The molecular formula is C15H15F2N3O. The second-order valence-electron chi connectivity index (χ2n) is 4.39. The fraction of sp³-hybridized carbons (Fsp3) is 0.133. The van der Waals surface area contributed by atoms with Crippen molar-refractivity contribution < 1.29 is 13.6 Å². The fourth-order valence-electron chi connectivity index (χ4n) is 1.85. The quantitative estimate of drug-likeness (QED) is 0.809. The molecule has 0 spiro atoms. The highest BCUT2D eigenvalue weighted by Gasteiger charge is 2.09. The van der Waals surface area contributed by atoms with Crippen LogP contribution in [0.1, 0.15) is 5.56 Å². The SMILES string of the molecule is CNCc1ccccc1NC(=O)Nc1ccc(F)cc1F. The van der Waals surface area contributed by atoms with Crippen LogP contribution in [0.3, 0.4) is 0 Å². The summed E-state index contributed by atoms with van der Waals surface area (Å²) < 4.78 is 26.3. The van der Waals surface area contributed by atoms with E-state index in [-0.39, 0.29) is 5.69 Å². The third-order valence-corrected chi connectivity index (χ3v) is 2.81. The smallest absolute Gasteiger partial charge is 0.316 e. The Hall–Kier alpha value is -2.47. The van der Waals surface area contributed by atoms with Crippen molar-refractivity contribution in [2.45, 2.75) is 6.54 Å². The normalized spacial score (nSPS) is 10.2. The number of hydrogen-bond donors (Lipinski definition) is 3. The molecule has 0 unspecified atom stereocenters. The van der Waals surface area contributed by atoms with Crippen molar-refractivity contribution in [3.05, 3.63) is 59.7 Å². The minimum absolute atomic E-state index is 0.0833. The lowest BCUT2D eigenvalue weighted by Crippen LogP contribution is -2.21. The number of halogens is 2. The van der Waals surface area contributed by atoms with Gasteiger partial charge in [0, 0.05) is 18.3 Å². The summed E-state index contributed by atoms with van der Waals surface area (Å²) in [4.78, 5) is 11.9. The number of amides is 2. The molecule has 0 heterocycles.